The van der Waals surface area contributed by atoms with Gasteiger partial charge in [-0.3, -0.25) is 4.79 Å². The highest BCUT2D eigenvalue weighted by Gasteiger charge is 2.22. The number of aromatic amines is 1. The molecule has 0 spiro atoms. The summed E-state index contributed by atoms with van der Waals surface area (Å²) in [5.41, 5.74) is 3.79. The molecule has 4 nitrogen and oxygen atoms in total. The maximum Gasteiger partial charge on any atom is 0.243 e. The van der Waals surface area contributed by atoms with E-state index in [4.69, 9.17) is 0 Å². The molecule has 0 saturated carbocycles. The van der Waals surface area contributed by atoms with Crippen molar-refractivity contribution in [3.05, 3.63) is 78.0 Å². The average molecular weight is 416 g/mol. The normalized spacial score (nSPS) is 15.6. The Labute approximate surface area is 185 Å². The lowest BCUT2D eigenvalue weighted by Gasteiger charge is -2.32. The number of H-pyrrole nitrogens is 1. The number of likely N-dealkylation sites (tertiary alicyclic amines) is 1. The number of unbranched alkanes of at least 4 members (excludes halogenated alkanes) is 2. The number of carbonyl (C=O) groups is 1. The number of rotatable bonds is 9. The maximum absolute atomic E-state index is 11.9. The van der Waals surface area contributed by atoms with Crippen LogP contribution in [-0.4, -0.2) is 42.0 Å². The number of piperidine rings is 1. The molecule has 1 saturated heterocycles. The molecule has 0 radical (unpaired) electrons. The van der Waals surface area contributed by atoms with Crippen molar-refractivity contribution in [3.63, 3.8) is 0 Å². The van der Waals surface area contributed by atoms with Gasteiger partial charge in [0.25, 0.3) is 0 Å². The number of nitrogens with zero attached hydrogens (tertiary/aromatic N) is 1. The molecule has 2 aromatic carbocycles. The van der Waals surface area contributed by atoms with Crippen LogP contribution in [0.2, 0.25) is 0 Å². The second-order valence-electron chi connectivity index (χ2n) is 8.50. The van der Waals surface area contributed by atoms with E-state index in [1.807, 2.05) is 36.4 Å². The number of para-hydroxylation sites is 1. The molecule has 3 aromatic rings. The predicted molar refractivity (Wildman–Crippen MR) is 129 cm³/mol. The van der Waals surface area contributed by atoms with E-state index >= 15 is 0 Å². The van der Waals surface area contributed by atoms with Gasteiger partial charge in [0, 0.05) is 29.7 Å². The molecule has 162 valence electrons. The Kier molecular flexibility index (Phi) is 7.56. The Morgan fingerprint density at radius 3 is 2.61 bits per heavy atom. The minimum Gasteiger partial charge on any atom is -0.361 e. The van der Waals surface area contributed by atoms with Gasteiger partial charge in [0.1, 0.15) is 0 Å². The molecule has 2 N–H and O–H groups in total. The zero-order valence-electron chi connectivity index (χ0n) is 18.2. The summed E-state index contributed by atoms with van der Waals surface area (Å²) in [5.74, 6) is 0.662. The second kappa shape index (κ2) is 11.0. The fraction of sp³-hybridized carbons (Fsp3) is 0.370. The molecule has 1 fully saturated rings. The Morgan fingerprint density at radius 1 is 1.00 bits per heavy atom. The van der Waals surface area contributed by atoms with Crippen LogP contribution in [-0.2, 0) is 4.79 Å². The van der Waals surface area contributed by atoms with Gasteiger partial charge in [0.15, 0.2) is 0 Å². The lowest BCUT2D eigenvalue weighted by atomic mass is 9.89. The highest BCUT2D eigenvalue weighted by atomic mass is 16.1. The molecule has 0 aliphatic carbocycles. The largest absolute Gasteiger partial charge is 0.361 e. The zero-order valence-corrected chi connectivity index (χ0v) is 18.2. The predicted octanol–water partition coefficient (Wildman–Crippen LogP) is 5.35. The van der Waals surface area contributed by atoms with Gasteiger partial charge in [-0.2, -0.15) is 0 Å². The van der Waals surface area contributed by atoms with Crippen molar-refractivity contribution >= 4 is 22.9 Å². The van der Waals surface area contributed by atoms with Gasteiger partial charge >= 0.3 is 0 Å². The van der Waals surface area contributed by atoms with Crippen LogP contribution in [0.25, 0.3) is 17.0 Å². The van der Waals surface area contributed by atoms with E-state index in [1.165, 1.54) is 55.4 Å². The molecule has 4 heteroatoms. The lowest BCUT2D eigenvalue weighted by Crippen LogP contribution is -2.33. The molecule has 4 rings (SSSR count). The molecule has 1 aliphatic heterocycles. The second-order valence-corrected chi connectivity index (χ2v) is 8.50. The van der Waals surface area contributed by atoms with Crippen LogP contribution >= 0.6 is 0 Å². The van der Waals surface area contributed by atoms with Crippen LogP contribution < -0.4 is 5.32 Å². The van der Waals surface area contributed by atoms with Crippen molar-refractivity contribution in [2.75, 3.05) is 26.2 Å². The molecule has 1 aliphatic rings. The highest BCUT2D eigenvalue weighted by Crippen LogP contribution is 2.33. The summed E-state index contributed by atoms with van der Waals surface area (Å²) in [7, 11) is 0. The molecule has 0 bridgehead atoms. The summed E-state index contributed by atoms with van der Waals surface area (Å²) in [6.07, 6.45) is 11.6. The first-order valence-corrected chi connectivity index (χ1v) is 11.6. The van der Waals surface area contributed by atoms with E-state index in [2.05, 4.69) is 45.7 Å². The molecule has 31 heavy (non-hydrogen) atoms. The number of carbonyl (C=O) groups excluding carboxylic acids is 1. The Morgan fingerprint density at radius 2 is 1.77 bits per heavy atom. The van der Waals surface area contributed by atoms with Gasteiger partial charge in [-0.25, -0.2) is 0 Å². The van der Waals surface area contributed by atoms with Crippen molar-refractivity contribution in [1.29, 1.82) is 0 Å². The number of fused-ring (bicyclic) bond motifs is 1. The highest BCUT2D eigenvalue weighted by molar-refractivity contribution is 5.91. The van der Waals surface area contributed by atoms with E-state index in [9.17, 15) is 4.79 Å². The standard InChI is InChI=1S/C27H33N3O/c31-27(14-13-22-9-3-1-4-10-22)28-17-7-2-8-18-30-19-15-23(16-20-30)25-21-29-26-12-6-5-11-24(25)26/h1,3-6,9-14,21,23,29H,2,7-8,15-20H2,(H,28,31)/b14-13+. The SMILES string of the molecule is O=C(/C=C/c1ccccc1)NCCCCCN1CCC(c2c[nH]c3ccccc23)CC1. The van der Waals surface area contributed by atoms with E-state index < -0.39 is 0 Å². The zero-order chi connectivity index (χ0) is 21.3. The number of amides is 1. The Bertz CT molecular complexity index is 984. The first-order chi connectivity index (χ1) is 15.3. The molecular formula is C27H33N3O. The third-order valence-corrected chi connectivity index (χ3v) is 6.33. The van der Waals surface area contributed by atoms with Crippen LogP contribution in [0.15, 0.2) is 66.9 Å². The minimum atomic E-state index is -0.0109. The topological polar surface area (TPSA) is 48.1 Å². The van der Waals surface area contributed by atoms with Gasteiger partial charge < -0.3 is 15.2 Å². The Balaban J connectivity index is 1.08. The maximum atomic E-state index is 11.9. The summed E-state index contributed by atoms with van der Waals surface area (Å²) < 4.78 is 0. The van der Waals surface area contributed by atoms with Crippen molar-refractivity contribution in [2.45, 2.75) is 38.0 Å². The molecule has 0 unspecified atom stereocenters. The number of benzene rings is 2. The van der Waals surface area contributed by atoms with E-state index in [0.717, 1.165) is 24.9 Å². The number of nitrogens with one attached hydrogen (secondary N) is 2. The van der Waals surface area contributed by atoms with Crippen LogP contribution in [0.4, 0.5) is 0 Å². The fourth-order valence-corrected chi connectivity index (χ4v) is 4.54. The van der Waals surface area contributed by atoms with Gasteiger partial charge in [-0.15, -0.1) is 0 Å². The number of aromatic nitrogens is 1. The molecular weight excluding hydrogens is 382 g/mol. The van der Waals surface area contributed by atoms with Crippen molar-refractivity contribution in [3.8, 4) is 0 Å². The molecule has 1 amide bonds. The van der Waals surface area contributed by atoms with Crippen molar-refractivity contribution < 1.29 is 4.79 Å². The van der Waals surface area contributed by atoms with E-state index in [-0.39, 0.29) is 5.91 Å². The van der Waals surface area contributed by atoms with Crippen molar-refractivity contribution in [2.24, 2.45) is 0 Å². The van der Waals surface area contributed by atoms with Crippen LogP contribution in [0.3, 0.4) is 0 Å². The number of hydrogen-bond acceptors (Lipinski definition) is 2. The number of hydrogen-bond donors (Lipinski definition) is 2. The van der Waals surface area contributed by atoms with Crippen LogP contribution in [0.5, 0.6) is 0 Å². The Hall–Kier alpha value is -2.85. The summed E-state index contributed by atoms with van der Waals surface area (Å²) >= 11 is 0. The first kappa shape index (κ1) is 21.4. The quantitative estimate of drug-likeness (QED) is 0.366. The molecule has 0 atom stereocenters. The van der Waals surface area contributed by atoms with E-state index in [1.54, 1.807) is 6.08 Å². The van der Waals surface area contributed by atoms with Gasteiger partial charge in [-0.05, 0) is 74.5 Å². The summed E-state index contributed by atoms with van der Waals surface area (Å²) in [5, 5.41) is 4.38. The monoisotopic (exact) mass is 415 g/mol. The summed E-state index contributed by atoms with van der Waals surface area (Å²) in [4.78, 5) is 17.9. The van der Waals surface area contributed by atoms with Crippen molar-refractivity contribution in [1.82, 2.24) is 15.2 Å². The first-order valence-electron chi connectivity index (χ1n) is 11.6. The summed E-state index contributed by atoms with van der Waals surface area (Å²) in [6, 6.07) is 18.5. The van der Waals surface area contributed by atoms with Crippen LogP contribution in [0, 0.1) is 0 Å². The third kappa shape index (κ3) is 6.08. The smallest absolute Gasteiger partial charge is 0.243 e. The fourth-order valence-electron chi connectivity index (χ4n) is 4.54. The minimum absolute atomic E-state index is 0.0109. The average Bonchev–Trinajstić information content (AvgIpc) is 3.25. The third-order valence-electron chi connectivity index (χ3n) is 6.33. The van der Waals surface area contributed by atoms with Crippen LogP contribution in [0.1, 0.15) is 49.1 Å². The molecule has 1 aromatic heterocycles. The van der Waals surface area contributed by atoms with Gasteiger partial charge in [0.05, 0.1) is 0 Å². The van der Waals surface area contributed by atoms with E-state index in [0.29, 0.717) is 5.92 Å². The van der Waals surface area contributed by atoms with Gasteiger partial charge in [-0.1, -0.05) is 55.0 Å². The molecule has 2 heterocycles. The summed E-state index contributed by atoms with van der Waals surface area (Å²) in [6.45, 7) is 4.29. The van der Waals surface area contributed by atoms with Gasteiger partial charge in [0.2, 0.25) is 5.91 Å². The lowest BCUT2D eigenvalue weighted by molar-refractivity contribution is -0.116.